The van der Waals surface area contributed by atoms with Crippen molar-refractivity contribution in [2.24, 2.45) is 0 Å². The number of pyridine rings is 1. The second-order valence-corrected chi connectivity index (χ2v) is 6.86. The Labute approximate surface area is 166 Å². The number of carbonyl (C=O) groups is 1. The predicted molar refractivity (Wildman–Crippen MR) is 112 cm³/mol. The molecule has 0 aliphatic carbocycles. The number of nitrogens with one attached hydrogen (secondary N) is 1. The fraction of sp³-hybridized carbons (Fsp3) is 0. The summed E-state index contributed by atoms with van der Waals surface area (Å²) >= 11 is 12.4. The number of halogens is 2. The summed E-state index contributed by atoms with van der Waals surface area (Å²) in [4.78, 5) is 17.6. The lowest BCUT2D eigenvalue weighted by molar-refractivity contribution is 0.102. The molecule has 0 atom stereocenters. The topological polar surface area (TPSA) is 42.0 Å². The Morgan fingerprint density at radius 2 is 1.59 bits per heavy atom. The minimum atomic E-state index is -0.203. The number of hydrogen-bond donors (Lipinski definition) is 1. The van der Waals surface area contributed by atoms with Crippen LogP contribution in [0.3, 0.4) is 0 Å². The Kier molecular flexibility index (Phi) is 4.80. The van der Waals surface area contributed by atoms with Crippen LogP contribution in [-0.2, 0) is 0 Å². The molecule has 5 heteroatoms. The molecule has 0 aliphatic rings. The van der Waals surface area contributed by atoms with Gasteiger partial charge in [0.15, 0.2) is 0 Å². The third kappa shape index (κ3) is 3.65. The van der Waals surface area contributed by atoms with E-state index < -0.39 is 0 Å². The van der Waals surface area contributed by atoms with Crippen molar-refractivity contribution >= 4 is 45.7 Å². The lowest BCUT2D eigenvalue weighted by Gasteiger charge is -2.11. The molecule has 0 spiro atoms. The summed E-state index contributed by atoms with van der Waals surface area (Å²) in [5.74, 6) is -0.203. The van der Waals surface area contributed by atoms with Gasteiger partial charge in [-0.25, -0.2) is 4.98 Å². The van der Waals surface area contributed by atoms with Crippen molar-refractivity contribution in [3.8, 4) is 11.3 Å². The van der Waals surface area contributed by atoms with Gasteiger partial charge in [-0.3, -0.25) is 4.79 Å². The van der Waals surface area contributed by atoms with Crippen molar-refractivity contribution in [3.05, 3.63) is 94.5 Å². The normalized spacial score (nSPS) is 10.7. The van der Waals surface area contributed by atoms with Crippen molar-refractivity contribution in [1.29, 1.82) is 0 Å². The first kappa shape index (κ1) is 17.5. The quantitative estimate of drug-likeness (QED) is 0.434. The molecule has 132 valence electrons. The number of hydrogen-bond acceptors (Lipinski definition) is 2. The van der Waals surface area contributed by atoms with Crippen LogP contribution in [0.1, 0.15) is 10.4 Å². The zero-order valence-electron chi connectivity index (χ0n) is 14.1. The van der Waals surface area contributed by atoms with Gasteiger partial charge in [-0.05, 0) is 42.5 Å². The van der Waals surface area contributed by atoms with Crippen LogP contribution in [-0.4, -0.2) is 10.9 Å². The summed E-state index contributed by atoms with van der Waals surface area (Å²) in [5, 5.41) is 4.74. The van der Waals surface area contributed by atoms with Gasteiger partial charge in [0, 0.05) is 21.7 Å². The van der Waals surface area contributed by atoms with E-state index in [4.69, 9.17) is 23.2 Å². The van der Waals surface area contributed by atoms with Gasteiger partial charge >= 0.3 is 0 Å². The number of benzene rings is 3. The van der Waals surface area contributed by atoms with Crippen LogP contribution < -0.4 is 5.32 Å². The Morgan fingerprint density at radius 1 is 0.852 bits per heavy atom. The van der Waals surface area contributed by atoms with E-state index in [2.05, 4.69) is 10.3 Å². The van der Waals surface area contributed by atoms with E-state index in [9.17, 15) is 4.79 Å². The second kappa shape index (κ2) is 7.39. The molecule has 4 rings (SSSR count). The van der Waals surface area contributed by atoms with Gasteiger partial charge in [0.2, 0.25) is 0 Å². The van der Waals surface area contributed by atoms with E-state index in [1.165, 1.54) is 0 Å². The molecule has 0 unspecified atom stereocenters. The molecule has 27 heavy (non-hydrogen) atoms. The molecule has 3 nitrogen and oxygen atoms in total. The van der Waals surface area contributed by atoms with Gasteiger partial charge < -0.3 is 5.32 Å². The number of nitrogens with zero attached hydrogens (tertiary/aromatic N) is 1. The third-order valence-corrected chi connectivity index (χ3v) is 4.75. The minimum absolute atomic E-state index is 0.203. The summed E-state index contributed by atoms with van der Waals surface area (Å²) in [5.41, 5.74) is 3.33. The second-order valence-electron chi connectivity index (χ2n) is 6.02. The lowest BCUT2D eigenvalue weighted by Crippen LogP contribution is -2.13. The van der Waals surface area contributed by atoms with Crippen LogP contribution in [0.15, 0.2) is 78.9 Å². The van der Waals surface area contributed by atoms with Gasteiger partial charge in [-0.15, -0.1) is 0 Å². The van der Waals surface area contributed by atoms with Crippen LogP contribution in [0.5, 0.6) is 0 Å². The predicted octanol–water partition coefficient (Wildman–Crippen LogP) is 6.46. The maximum Gasteiger partial charge on any atom is 0.256 e. The fourth-order valence-electron chi connectivity index (χ4n) is 2.92. The molecule has 0 saturated heterocycles. The highest BCUT2D eigenvalue weighted by molar-refractivity contribution is 6.36. The van der Waals surface area contributed by atoms with E-state index in [0.29, 0.717) is 21.3 Å². The minimum Gasteiger partial charge on any atom is -0.322 e. The Balaban J connectivity index is 1.85. The molecule has 0 aliphatic heterocycles. The molecule has 1 amide bonds. The molecule has 0 fully saturated rings. The fourth-order valence-corrected chi connectivity index (χ4v) is 3.42. The Morgan fingerprint density at radius 3 is 2.37 bits per heavy atom. The molecule has 3 aromatic carbocycles. The van der Waals surface area contributed by atoms with Crippen molar-refractivity contribution < 1.29 is 4.79 Å². The maximum atomic E-state index is 13.0. The summed E-state index contributed by atoms with van der Waals surface area (Å²) in [7, 11) is 0. The van der Waals surface area contributed by atoms with Crippen LogP contribution >= 0.6 is 23.2 Å². The Bertz CT molecular complexity index is 1140. The lowest BCUT2D eigenvalue weighted by atomic mass is 10.0. The summed E-state index contributed by atoms with van der Waals surface area (Å²) in [6, 6.07) is 23.9. The highest BCUT2D eigenvalue weighted by Gasteiger charge is 2.15. The van der Waals surface area contributed by atoms with Gasteiger partial charge in [0.25, 0.3) is 5.91 Å². The number of fused-ring (bicyclic) bond motifs is 1. The van der Waals surface area contributed by atoms with Gasteiger partial charge in [0.05, 0.1) is 21.8 Å². The zero-order valence-corrected chi connectivity index (χ0v) is 15.6. The molecule has 4 aromatic rings. The maximum absolute atomic E-state index is 13.0. The summed E-state index contributed by atoms with van der Waals surface area (Å²) in [6.45, 7) is 0. The average Bonchev–Trinajstić information content (AvgIpc) is 2.68. The first-order valence-corrected chi connectivity index (χ1v) is 9.09. The monoisotopic (exact) mass is 392 g/mol. The first-order chi connectivity index (χ1) is 13.1. The summed E-state index contributed by atoms with van der Waals surface area (Å²) < 4.78 is 0. The Hall–Kier alpha value is -2.88. The first-order valence-electron chi connectivity index (χ1n) is 8.33. The van der Waals surface area contributed by atoms with E-state index in [1.54, 1.807) is 24.3 Å². The number of amides is 1. The SMILES string of the molecule is O=C(Nc1ccccc1)c1cc(-c2ccc(Cl)cc2Cl)nc2ccccc12. The number of para-hydroxylation sites is 2. The van der Waals surface area contributed by atoms with Crippen LogP contribution in [0, 0.1) is 0 Å². The average molecular weight is 393 g/mol. The van der Waals surface area contributed by atoms with Crippen molar-refractivity contribution in [3.63, 3.8) is 0 Å². The zero-order chi connectivity index (χ0) is 18.8. The molecule has 0 saturated carbocycles. The van der Waals surface area contributed by atoms with Crippen LogP contribution in [0.2, 0.25) is 10.0 Å². The molecule has 0 radical (unpaired) electrons. The number of carbonyl (C=O) groups excluding carboxylic acids is 1. The van der Waals surface area contributed by atoms with Crippen molar-refractivity contribution in [2.75, 3.05) is 5.32 Å². The van der Waals surface area contributed by atoms with E-state index >= 15 is 0 Å². The number of anilines is 1. The van der Waals surface area contributed by atoms with Crippen LogP contribution in [0.4, 0.5) is 5.69 Å². The molecule has 1 aromatic heterocycles. The van der Waals surface area contributed by atoms with E-state index in [0.717, 1.165) is 22.2 Å². The highest BCUT2D eigenvalue weighted by atomic mass is 35.5. The summed E-state index contributed by atoms with van der Waals surface area (Å²) in [6.07, 6.45) is 0. The molecular formula is C22H14Cl2N2O. The van der Waals surface area contributed by atoms with Gasteiger partial charge in [-0.2, -0.15) is 0 Å². The van der Waals surface area contributed by atoms with E-state index in [-0.39, 0.29) is 5.91 Å². The molecule has 1 heterocycles. The highest BCUT2D eigenvalue weighted by Crippen LogP contribution is 2.32. The van der Waals surface area contributed by atoms with Crippen LogP contribution in [0.25, 0.3) is 22.2 Å². The van der Waals surface area contributed by atoms with E-state index in [1.807, 2.05) is 54.6 Å². The third-order valence-electron chi connectivity index (χ3n) is 4.20. The molecular weight excluding hydrogens is 379 g/mol. The molecule has 1 N–H and O–H groups in total. The standard InChI is InChI=1S/C22H14Cl2N2O/c23-14-10-11-17(19(24)12-14)21-13-18(16-8-4-5-9-20(16)26-21)22(27)25-15-6-2-1-3-7-15/h1-13H,(H,25,27). The number of aromatic nitrogens is 1. The smallest absolute Gasteiger partial charge is 0.256 e. The van der Waals surface area contributed by atoms with Crippen molar-refractivity contribution in [1.82, 2.24) is 4.98 Å². The van der Waals surface area contributed by atoms with Gasteiger partial charge in [0.1, 0.15) is 0 Å². The number of rotatable bonds is 3. The largest absolute Gasteiger partial charge is 0.322 e. The molecule has 0 bridgehead atoms. The van der Waals surface area contributed by atoms with Crippen molar-refractivity contribution in [2.45, 2.75) is 0 Å². The van der Waals surface area contributed by atoms with Gasteiger partial charge in [-0.1, -0.05) is 59.6 Å².